The van der Waals surface area contributed by atoms with E-state index in [9.17, 15) is 14.7 Å². The zero-order valence-electron chi connectivity index (χ0n) is 18.6. The molecule has 1 aliphatic rings. The number of nitrogens with zero attached hydrogens (tertiary/aromatic N) is 2. The molecule has 1 atom stereocenters. The molecule has 1 amide bonds. The molecular weight excluding hydrogens is 456 g/mol. The average molecular weight is 477 g/mol. The van der Waals surface area contributed by atoms with E-state index in [-0.39, 0.29) is 11.3 Å². The fraction of sp³-hybridized carbons (Fsp3) is 0.160. The van der Waals surface area contributed by atoms with Crippen molar-refractivity contribution in [3.8, 4) is 11.5 Å². The van der Waals surface area contributed by atoms with Gasteiger partial charge in [0.05, 0.1) is 30.0 Å². The number of benzene rings is 2. The third kappa shape index (κ3) is 3.50. The maximum absolute atomic E-state index is 13.3. The first-order chi connectivity index (χ1) is 16.4. The summed E-state index contributed by atoms with van der Waals surface area (Å²) in [6, 6.07) is 14.4. The molecule has 1 fully saturated rings. The highest BCUT2D eigenvalue weighted by Gasteiger charge is 2.49. The zero-order chi connectivity index (χ0) is 24.0. The molecule has 1 saturated heterocycles. The lowest BCUT2D eigenvalue weighted by molar-refractivity contribution is -0.132. The summed E-state index contributed by atoms with van der Waals surface area (Å²) in [6.45, 7) is 1.77. The number of furan rings is 1. The lowest BCUT2D eigenvalue weighted by Gasteiger charge is -2.20. The number of anilines is 1. The number of Topliss-reactive ketones (excluding diaryl/α,β-unsaturated/α-hetero) is 1. The Morgan fingerprint density at radius 2 is 1.74 bits per heavy atom. The highest BCUT2D eigenvalue weighted by atomic mass is 32.1. The molecule has 3 heterocycles. The number of aryl methyl sites for hydroxylation is 1. The van der Waals surface area contributed by atoms with Crippen LogP contribution in [0.3, 0.4) is 0 Å². The van der Waals surface area contributed by atoms with Crippen LogP contribution < -0.4 is 14.4 Å². The molecular formula is C25H20N2O6S. The fourth-order valence-corrected chi connectivity index (χ4v) is 4.95. The third-order valence-corrected chi connectivity index (χ3v) is 6.65. The number of thiazole rings is 1. The van der Waals surface area contributed by atoms with Gasteiger partial charge < -0.3 is 19.0 Å². The van der Waals surface area contributed by atoms with Gasteiger partial charge in [0.25, 0.3) is 5.78 Å². The predicted molar refractivity (Wildman–Crippen MR) is 127 cm³/mol. The number of ketones is 1. The number of aromatic nitrogens is 1. The van der Waals surface area contributed by atoms with Crippen LogP contribution in [-0.2, 0) is 9.59 Å². The highest BCUT2D eigenvalue weighted by Crippen LogP contribution is 2.45. The van der Waals surface area contributed by atoms with Crippen molar-refractivity contribution in [3.63, 3.8) is 0 Å². The quantitative estimate of drug-likeness (QED) is 0.250. The Balaban J connectivity index is 1.68. The molecule has 0 saturated carbocycles. The molecule has 2 aromatic carbocycles. The molecule has 0 bridgehead atoms. The van der Waals surface area contributed by atoms with Crippen LogP contribution >= 0.6 is 11.3 Å². The van der Waals surface area contributed by atoms with Gasteiger partial charge in [-0.3, -0.25) is 14.5 Å². The predicted octanol–water partition coefficient (Wildman–Crippen LogP) is 4.84. The SMILES string of the molecule is COc1ccc(/C(O)=C2\C(=O)C(=O)N(c3nc4ccc(OC)cc4s3)C2c2ccc(C)o2)cc1. The van der Waals surface area contributed by atoms with Crippen LogP contribution in [0.5, 0.6) is 11.5 Å². The lowest BCUT2D eigenvalue weighted by atomic mass is 9.99. The minimum absolute atomic E-state index is 0.0682. The first kappa shape index (κ1) is 21.7. The van der Waals surface area contributed by atoms with E-state index in [1.54, 1.807) is 62.6 Å². The zero-order valence-corrected chi connectivity index (χ0v) is 19.4. The smallest absolute Gasteiger partial charge is 0.302 e. The van der Waals surface area contributed by atoms with E-state index in [0.29, 0.717) is 39.2 Å². The monoisotopic (exact) mass is 476 g/mol. The Kier molecular flexibility index (Phi) is 5.33. The summed E-state index contributed by atoms with van der Waals surface area (Å²) in [5, 5.41) is 11.5. The average Bonchev–Trinajstić information content (AvgIpc) is 3.54. The maximum Gasteiger partial charge on any atom is 0.302 e. The van der Waals surface area contributed by atoms with Gasteiger partial charge >= 0.3 is 5.91 Å². The molecule has 1 N–H and O–H groups in total. The highest BCUT2D eigenvalue weighted by molar-refractivity contribution is 7.22. The summed E-state index contributed by atoms with van der Waals surface area (Å²) in [4.78, 5) is 32.3. The number of hydrogen-bond donors (Lipinski definition) is 1. The Morgan fingerprint density at radius 3 is 2.38 bits per heavy atom. The molecule has 0 radical (unpaired) electrons. The molecule has 2 aromatic heterocycles. The van der Waals surface area contributed by atoms with Gasteiger partial charge in [-0.15, -0.1) is 0 Å². The Hall–Kier alpha value is -4.11. The number of carbonyl (C=O) groups is 2. The normalized spacial score (nSPS) is 17.5. The Labute approximate surface area is 198 Å². The summed E-state index contributed by atoms with van der Waals surface area (Å²) in [6.07, 6.45) is 0. The first-order valence-corrected chi connectivity index (χ1v) is 11.2. The van der Waals surface area contributed by atoms with E-state index in [4.69, 9.17) is 13.9 Å². The van der Waals surface area contributed by atoms with Gasteiger partial charge in [-0.1, -0.05) is 11.3 Å². The molecule has 1 aliphatic heterocycles. The van der Waals surface area contributed by atoms with Gasteiger partial charge in [0.1, 0.15) is 34.8 Å². The lowest BCUT2D eigenvalue weighted by Crippen LogP contribution is -2.29. The minimum Gasteiger partial charge on any atom is -0.507 e. The van der Waals surface area contributed by atoms with E-state index in [2.05, 4.69) is 4.98 Å². The summed E-state index contributed by atoms with van der Waals surface area (Å²) in [5.74, 6) is 0.305. The van der Waals surface area contributed by atoms with Gasteiger partial charge in [-0.05, 0) is 61.5 Å². The molecule has 4 aromatic rings. The summed E-state index contributed by atoms with van der Waals surface area (Å²) in [5.41, 5.74) is 0.967. The van der Waals surface area contributed by atoms with E-state index in [1.165, 1.54) is 23.3 Å². The van der Waals surface area contributed by atoms with Crippen LogP contribution in [0.2, 0.25) is 0 Å². The van der Waals surface area contributed by atoms with Gasteiger partial charge in [0, 0.05) is 5.56 Å². The Bertz CT molecular complexity index is 1450. The molecule has 172 valence electrons. The van der Waals surface area contributed by atoms with Crippen LogP contribution in [0, 0.1) is 6.92 Å². The van der Waals surface area contributed by atoms with E-state index < -0.39 is 17.7 Å². The van der Waals surface area contributed by atoms with Gasteiger partial charge in [0.15, 0.2) is 5.13 Å². The maximum atomic E-state index is 13.3. The summed E-state index contributed by atoms with van der Waals surface area (Å²) < 4.78 is 17.1. The molecule has 8 nitrogen and oxygen atoms in total. The van der Waals surface area contributed by atoms with Crippen molar-refractivity contribution >= 4 is 44.1 Å². The van der Waals surface area contributed by atoms with Crippen molar-refractivity contribution in [2.75, 3.05) is 19.1 Å². The second-order valence-corrected chi connectivity index (χ2v) is 8.69. The number of carbonyl (C=O) groups excluding carboxylic acids is 2. The van der Waals surface area contributed by atoms with Gasteiger partial charge in [0.2, 0.25) is 0 Å². The van der Waals surface area contributed by atoms with Crippen molar-refractivity contribution in [3.05, 3.63) is 77.3 Å². The van der Waals surface area contributed by atoms with E-state index >= 15 is 0 Å². The topological polar surface area (TPSA) is 102 Å². The number of aliphatic hydroxyl groups is 1. The number of rotatable bonds is 5. The minimum atomic E-state index is -0.974. The molecule has 9 heteroatoms. The second kappa shape index (κ2) is 8.35. The van der Waals surface area contributed by atoms with Gasteiger partial charge in [-0.2, -0.15) is 0 Å². The number of amides is 1. The van der Waals surface area contributed by atoms with E-state index in [1.807, 2.05) is 6.07 Å². The Morgan fingerprint density at radius 1 is 1.03 bits per heavy atom. The molecule has 5 rings (SSSR count). The van der Waals surface area contributed by atoms with Crippen molar-refractivity contribution in [2.45, 2.75) is 13.0 Å². The summed E-state index contributed by atoms with van der Waals surface area (Å²) >= 11 is 1.25. The fourth-order valence-electron chi connectivity index (χ4n) is 3.93. The molecule has 1 unspecified atom stereocenters. The van der Waals surface area contributed by atoms with Crippen molar-refractivity contribution in [1.29, 1.82) is 0 Å². The van der Waals surface area contributed by atoms with Gasteiger partial charge in [-0.25, -0.2) is 4.98 Å². The number of fused-ring (bicyclic) bond motifs is 1. The number of aliphatic hydroxyl groups excluding tert-OH is 1. The van der Waals surface area contributed by atoms with Crippen LogP contribution in [0.15, 0.2) is 64.6 Å². The number of methoxy groups -OCH3 is 2. The van der Waals surface area contributed by atoms with Crippen molar-refractivity contribution in [2.24, 2.45) is 0 Å². The molecule has 0 aliphatic carbocycles. The molecule has 34 heavy (non-hydrogen) atoms. The van der Waals surface area contributed by atoms with Crippen LogP contribution in [0.25, 0.3) is 16.0 Å². The van der Waals surface area contributed by atoms with E-state index in [0.717, 1.165) is 4.70 Å². The summed E-state index contributed by atoms with van der Waals surface area (Å²) in [7, 11) is 3.10. The molecule has 0 spiro atoms. The first-order valence-electron chi connectivity index (χ1n) is 10.4. The third-order valence-electron chi connectivity index (χ3n) is 5.63. The number of ether oxygens (including phenoxy) is 2. The largest absolute Gasteiger partial charge is 0.507 e. The van der Waals surface area contributed by atoms with Crippen LogP contribution in [0.1, 0.15) is 23.1 Å². The van der Waals surface area contributed by atoms with Crippen LogP contribution in [0.4, 0.5) is 5.13 Å². The second-order valence-electron chi connectivity index (χ2n) is 7.68. The van der Waals surface area contributed by atoms with Crippen LogP contribution in [-0.4, -0.2) is 36.0 Å². The van der Waals surface area contributed by atoms with Crippen molar-refractivity contribution in [1.82, 2.24) is 4.98 Å². The standard InChI is InChI=1S/C25H20N2O6S/c1-13-4-11-18(33-13)21-20(22(28)14-5-7-15(31-2)8-6-14)23(29)24(30)27(21)25-26-17-10-9-16(32-3)12-19(17)34-25/h4-12,21,28H,1-3H3/b22-20+. The number of hydrogen-bond acceptors (Lipinski definition) is 8. The van der Waals surface area contributed by atoms with Crippen molar-refractivity contribution < 1.29 is 28.6 Å².